The second-order valence-electron chi connectivity index (χ2n) is 5.14. The molecule has 1 N–H and O–H groups in total. The highest BCUT2D eigenvalue weighted by atomic mass is 16.6. The molecule has 1 fully saturated rings. The van der Waals surface area contributed by atoms with Gasteiger partial charge in [-0.25, -0.2) is 0 Å². The molecule has 1 rings (SSSR count). The highest BCUT2D eigenvalue weighted by Crippen LogP contribution is 2.39. The summed E-state index contributed by atoms with van der Waals surface area (Å²) < 4.78 is 15.0. The van der Waals surface area contributed by atoms with E-state index < -0.39 is 41.6 Å². The van der Waals surface area contributed by atoms with Crippen LogP contribution >= 0.6 is 0 Å². The third-order valence-corrected chi connectivity index (χ3v) is 3.36. The lowest BCUT2D eigenvalue weighted by atomic mass is 9.92. The fourth-order valence-electron chi connectivity index (χ4n) is 2.40. The normalized spacial score (nSPS) is 32.5. The van der Waals surface area contributed by atoms with Crippen molar-refractivity contribution in [2.24, 2.45) is 5.92 Å². The maximum absolute atomic E-state index is 11.1. The maximum atomic E-state index is 11.1. The molecular weight excluding hydrogens is 268 g/mol. The lowest BCUT2D eigenvalue weighted by molar-refractivity contribution is -0.178. The maximum Gasteiger partial charge on any atom is 0.303 e. The molecule has 0 aromatic carbocycles. The van der Waals surface area contributed by atoms with Gasteiger partial charge in [0.1, 0.15) is 11.7 Å². The van der Waals surface area contributed by atoms with Crippen LogP contribution in [0.5, 0.6) is 0 Å². The molecule has 4 atom stereocenters. The van der Waals surface area contributed by atoms with Crippen LogP contribution in [0, 0.1) is 5.92 Å². The van der Waals surface area contributed by atoms with Crippen LogP contribution in [0.15, 0.2) is 0 Å². The first-order valence-electron chi connectivity index (χ1n) is 6.34. The monoisotopic (exact) mass is 288 g/mol. The van der Waals surface area contributed by atoms with Gasteiger partial charge in [-0.3, -0.25) is 14.4 Å². The Morgan fingerprint density at radius 2 is 1.65 bits per heavy atom. The molecule has 1 aliphatic carbocycles. The lowest BCUT2D eigenvalue weighted by Crippen LogP contribution is -2.47. The molecule has 0 radical (unpaired) electrons. The van der Waals surface area contributed by atoms with E-state index in [0.717, 1.165) is 0 Å². The Bertz CT molecular complexity index is 402. The van der Waals surface area contributed by atoms with Gasteiger partial charge in [-0.2, -0.15) is 0 Å². The van der Waals surface area contributed by atoms with E-state index in [1.165, 1.54) is 27.7 Å². The van der Waals surface area contributed by atoms with Crippen molar-refractivity contribution in [2.75, 3.05) is 6.61 Å². The summed E-state index contributed by atoms with van der Waals surface area (Å²) in [6, 6.07) is 0. The topological polar surface area (TPSA) is 99.1 Å². The number of hydrogen-bond acceptors (Lipinski definition) is 7. The van der Waals surface area contributed by atoms with Gasteiger partial charge < -0.3 is 19.3 Å². The van der Waals surface area contributed by atoms with Gasteiger partial charge in [-0.1, -0.05) is 0 Å². The van der Waals surface area contributed by atoms with E-state index in [4.69, 9.17) is 14.2 Å². The van der Waals surface area contributed by atoms with E-state index >= 15 is 0 Å². The minimum Gasteiger partial charge on any atom is -0.465 e. The summed E-state index contributed by atoms with van der Waals surface area (Å²) in [5, 5.41) is 10.5. The van der Waals surface area contributed by atoms with Gasteiger partial charge in [0.25, 0.3) is 0 Å². The van der Waals surface area contributed by atoms with E-state index in [-0.39, 0.29) is 13.0 Å². The zero-order valence-corrected chi connectivity index (χ0v) is 12.0. The molecule has 7 nitrogen and oxygen atoms in total. The molecule has 0 heterocycles. The van der Waals surface area contributed by atoms with Gasteiger partial charge in [0.2, 0.25) is 0 Å². The van der Waals surface area contributed by atoms with Crippen LogP contribution in [0.25, 0.3) is 0 Å². The fourth-order valence-corrected chi connectivity index (χ4v) is 2.40. The molecule has 0 amide bonds. The van der Waals surface area contributed by atoms with Crippen molar-refractivity contribution in [3.05, 3.63) is 0 Å². The van der Waals surface area contributed by atoms with Crippen LogP contribution in [0.1, 0.15) is 34.1 Å². The SMILES string of the molecule is CC(=O)OC[C@H]1C[C@@H](OC(C)=O)[C@H](OC(C)=O)[C@]1(C)O. The standard InChI is InChI=1S/C13H20O7/c1-7(14)18-6-10-5-11(19-8(2)15)12(13(10,4)17)20-9(3)16/h10-12,17H,5-6H2,1-4H3/t10-,11-,12+,13-/m1/s1. The third kappa shape index (κ3) is 3.93. The predicted octanol–water partition coefficient (Wildman–Crippen LogP) is 0.184. The lowest BCUT2D eigenvalue weighted by Gasteiger charge is -2.31. The molecule has 1 aliphatic rings. The van der Waals surface area contributed by atoms with E-state index in [9.17, 15) is 19.5 Å². The van der Waals surface area contributed by atoms with Gasteiger partial charge >= 0.3 is 17.9 Å². The summed E-state index contributed by atoms with van der Waals surface area (Å²) in [6.45, 7) is 5.14. The molecular formula is C13H20O7. The van der Waals surface area contributed by atoms with Crippen molar-refractivity contribution in [3.63, 3.8) is 0 Å². The molecule has 7 heteroatoms. The second kappa shape index (κ2) is 6.21. The zero-order chi connectivity index (χ0) is 15.5. The van der Waals surface area contributed by atoms with Crippen molar-refractivity contribution in [1.82, 2.24) is 0 Å². The fraction of sp³-hybridized carbons (Fsp3) is 0.769. The van der Waals surface area contributed by atoms with Crippen LogP contribution in [-0.4, -0.2) is 47.4 Å². The minimum absolute atomic E-state index is 0.0299. The quantitative estimate of drug-likeness (QED) is 0.582. The number of aliphatic hydroxyl groups is 1. The summed E-state index contributed by atoms with van der Waals surface area (Å²) in [4.78, 5) is 33.1. The Morgan fingerprint density at radius 3 is 2.10 bits per heavy atom. The summed E-state index contributed by atoms with van der Waals surface area (Å²) in [7, 11) is 0. The van der Waals surface area contributed by atoms with Crippen LogP contribution in [-0.2, 0) is 28.6 Å². The van der Waals surface area contributed by atoms with Gasteiger partial charge in [-0.15, -0.1) is 0 Å². The largest absolute Gasteiger partial charge is 0.465 e. The van der Waals surface area contributed by atoms with E-state index in [2.05, 4.69) is 0 Å². The van der Waals surface area contributed by atoms with Crippen LogP contribution < -0.4 is 0 Å². The van der Waals surface area contributed by atoms with Gasteiger partial charge in [0.05, 0.1) is 6.61 Å². The average Bonchev–Trinajstić information content (AvgIpc) is 2.48. The second-order valence-corrected chi connectivity index (χ2v) is 5.14. The van der Waals surface area contributed by atoms with Crippen LogP contribution in [0.2, 0.25) is 0 Å². The Kier molecular flexibility index (Phi) is 5.10. The number of rotatable bonds is 4. The first-order chi connectivity index (χ1) is 9.14. The Morgan fingerprint density at radius 1 is 1.10 bits per heavy atom. The highest BCUT2D eigenvalue weighted by Gasteiger charge is 2.55. The first-order valence-corrected chi connectivity index (χ1v) is 6.34. The van der Waals surface area contributed by atoms with E-state index in [0.29, 0.717) is 0 Å². The number of ether oxygens (including phenoxy) is 3. The molecule has 1 saturated carbocycles. The van der Waals surface area contributed by atoms with Gasteiger partial charge in [-0.05, 0) is 13.3 Å². The average molecular weight is 288 g/mol. The van der Waals surface area contributed by atoms with Crippen molar-refractivity contribution < 1.29 is 33.7 Å². The highest BCUT2D eigenvalue weighted by molar-refractivity contribution is 5.68. The Hall–Kier alpha value is -1.63. The van der Waals surface area contributed by atoms with E-state index in [1.54, 1.807) is 0 Å². The number of esters is 3. The molecule has 114 valence electrons. The molecule has 0 bridgehead atoms. The smallest absolute Gasteiger partial charge is 0.303 e. The molecule has 0 unspecified atom stereocenters. The van der Waals surface area contributed by atoms with Crippen molar-refractivity contribution in [2.45, 2.75) is 51.9 Å². The van der Waals surface area contributed by atoms with Crippen LogP contribution in [0.3, 0.4) is 0 Å². The molecule has 0 aliphatic heterocycles. The summed E-state index contributed by atoms with van der Waals surface area (Å²) in [6.07, 6.45) is -1.49. The van der Waals surface area contributed by atoms with Crippen molar-refractivity contribution in [3.8, 4) is 0 Å². The third-order valence-electron chi connectivity index (χ3n) is 3.36. The molecule has 0 saturated heterocycles. The van der Waals surface area contributed by atoms with E-state index in [1.807, 2.05) is 0 Å². The Labute approximate surface area is 117 Å². The molecule has 20 heavy (non-hydrogen) atoms. The minimum atomic E-state index is -1.44. The summed E-state index contributed by atoms with van der Waals surface area (Å²) in [5.74, 6) is -2.07. The molecule has 0 spiro atoms. The summed E-state index contributed by atoms with van der Waals surface area (Å²) in [5.41, 5.74) is -1.44. The van der Waals surface area contributed by atoms with Gasteiger partial charge in [0.15, 0.2) is 6.10 Å². The number of carbonyl (C=O) groups is 3. The summed E-state index contributed by atoms with van der Waals surface area (Å²) >= 11 is 0. The van der Waals surface area contributed by atoms with Crippen molar-refractivity contribution >= 4 is 17.9 Å². The predicted molar refractivity (Wildman–Crippen MR) is 66.5 cm³/mol. The molecule has 0 aromatic rings. The molecule has 0 aromatic heterocycles. The van der Waals surface area contributed by atoms with Gasteiger partial charge in [0, 0.05) is 26.7 Å². The Balaban J connectivity index is 2.87. The number of hydrogen-bond donors (Lipinski definition) is 1. The number of carbonyl (C=O) groups excluding carboxylic acids is 3. The van der Waals surface area contributed by atoms with Crippen LogP contribution in [0.4, 0.5) is 0 Å². The van der Waals surface area contributed by atoms with Crippen molar-refractivity contribution in [1.29, 1.82) is 0 Å². The zero-order valence-electron chi connectivity index (χ0n) is 12.0. The first kappa shape index (κ1) is 16.4.